The fourth-order valence-electron chi connectivity index (χ4n) is 6.34. The molecule has 2 aliphatic rings. The molecule has 3 atom stereocenters. The van der Waals surface area contributed by atoms with Gasteiger partial charge in [-0.2, -0.15) is 0 Å². The summed E-state index contributed by atoms with van der Waals surface area (Å²) in [7, 11) is 0. The lowest BCUT2D eigenvalue weighted by Crippen LogP contribution is -2.39. The summed E-state index contributed by atoms with van der Waals surface area (Å²) in [5.74, 6) is 2.02. The Hall–Kier alpha value is -4.02. The number of ether oxygens (including phenoxy) is 1. The maximum atomic E-state index is 12.9. The van der Waals surface area contributed by atoms with Crippen molar-refractivity contribution in [1.82, 2.24) is 15.2 Å². The van der Waals surface area contributed by atoms with Gasteiger partial charge < -0.3 is 23.8 Å². The summed E-state index contributed by atoms with van der Waals surface area (Å²) >= 11 is 0. The fraction of sp³-hybridized carbons (Fsp3) is 0.452. The highest BCUT2D eigenvalue weighted by atomic mass is 19.4. The molecule has 4 aromatic rings. The second-order valence-corrected chi connectivity index (χ2v) is 11.2. The molecule has 11 heteroatoms. The number of para-hydroxylation sites is 1. The number of rotatable bonds is 8. The van der Waals surface area contributed by atoms with E-state index in [0.29, 0.717) is 29.6 Å². The summed E-state index contributed by atoms with van der Waals surface area (Å²) in [6.45, 7) is 3.81. The van der Waals surface area contributed by atoms with E-state index in [0.717, 1.165) is 50.8 Å². The average Bonchev–Trinajstić information content (AvgIpc) is 3.63. The van der Waals surface area contributed by atoms with Crippen LogP contribution in [0.1, 0.15) is 50.8 Å². The minimum absolute atomic E-state index is 0.194. The van der Waals surface area contributed by atoms with E-state index in [4.69, 9.17) is 8.83 Å². The topological polar surface area (TPSA) is 89.5 Å². The van der Waals surface area contributed by atoms with Crippen LogP contribution < -0.4 is 15.0 Å². The van der Waals surface area contributed by atoms with Crippen molar-refractivity contribution < 1.29 is 26.7 Å². The highest BCUT2D eigenvalue weighted by molar-refractivity contribution is 5.66. The van der Waals surface area contributed by atoms with Crippen LogP contribution in [0.2, 0.25) is 0 Å². The summed E-state index contributed by atoms with van der Waals surface area (Å²) in [6, 6.07) is 14.8. The Kier molecular flexibility index (Phi) is 8.08. The molecule has 2 aromatic carbocycles. The zero-order valence-corrected chi connectivity index (χ0v) is 23.4. The normalized spacial score (nSPS) is 21.3. The van der Waals surface area contributed by atoms with Crippen LogP contribution in [0.5, 0.6) is 5.75 Å². The van der Waals surface area contributed by atoms with E-state index < -0.39 is 6.36 Å². The van der Waals surface area contributed by atoms with Gasteiger partial charge in [0.25, 0.3) is 6.01 Å². The number of aryl methyl sites for hydroxylation is 1. The number of halogens is 3. The van der Waals surface area contributed by atoms with Crippen molar-refractivity contribution in [3.63, 3.8) is 0 Å². The molecule has 222 valence electrons. The highest BCUT2D eigenvalue weighted by Crippen LogP contribution is 2.38. The van der Waals surface area contributed by atoms with Crippen molar-refractivity contribution in [2.24, 2.45) is 11.8 Å². The van der Waals surface area contributed by atoms with Gasteiger partial charge in [0.1, 0.15) is 5.75 Å². The predicted molar refractivity (Wildman–Crippen MR) is 152 cm³/mol. The number of hydrogen-bond donors (Lipinski definition) is 1. The number of benzene rings is 2. The van der Waals surface area contributed by atoms with Crippen molar-refractivity contribution in [3.8, 4) is 28.5 Å². The molecule has 6 rings (SSSR count). The number of piperidine rings is 1. The first-order valence-corrected chi connectivity index (χ1v) is 14.5. The molecule has 8 nitrogen and oxygen atoms in total. The molecule has 3 heterocycles. The first-order valence-electron chi connectivity index (χ1n) is 14.5. The van der Waals surface area contributed by atoms with Crippen LogP contribution >= 0.6 is 0 Å². The molecule has 2 fully saturated rings. The molecular formula is C31H34F3N5O3. The summed E-state index contributed by atoms with van der Waals surface area (Å²) < 4.78 is 54.3. The zero-order valence-electron chi connectivity index (χ0n) is 23.4. The molecule has 42 heavy (non-hydrogen) atoms. The predicted octanol–water partition coefficient (Wildman–Crippen LogP) is 7.88. The molecule has 1 aliphatic heterocycles. The van der Waals surface area contributed by atoms with Crippen molar-refractivity contribution in [3.05, 3.63) is 60.6 Å². The monoisotopic (exact) mass is 581 g/mol. The summed E-state index contributed by atoms with van der Waals surface area (Å²) in [5.41, 5.74) is 2.31. The Bertz CT molecular complexity index is 1470. The van der Waals surface area contributed by atoms with E-state index in [2.05, 4.69) is 42.3 Å². The van der Waals surface area contributed by atoms with Crippen molar-refractivity contribution in [1.29, 1.82) is 0 Å². The Morgan fingerprint density at radius 1 is 0.976 bits per heavy atom. The maximum absolute atomic E-state index is 12.9. The van der Waals surface area contributed by atoms with E-state index in [-0.39, 0.29) is 23.1 Å². The molecular weight excluding hydrogens is 547 g/mol. The molecule has 1 saturated carbocycles. The van der Waals surface area contributed by atoms with Gasteiger partial charge in [-0.25, -0.2) is 4.98 Å². The molecule has 0 radical (unpaired) electrons. The number of anilines is 2. The van der Waals surface area contributed by atoms with Gasteiger partial charge in [-0.15, -0.1) is 23.4 Å². The standard InChI is InChI=1S/C31H34F3N5O3/c1-20-37-38-29(40-20)22-12-14-24(15-13-22)39-16-6-7-21(19-39)17-23-8-2-4-10-26(23)36-30-35-18-28(41-30)25-9-3-5-11-27(25)42-31(32,33)34/h3,5,9,11-15,18,21,23,26H,2,4,6-8,10,16-17,19H2,1H3,(H,35,36)/t21-,23+,26-/m1/s1. The smallest absolute Gasteiger partial charge is 0.423 e. The SMILES string of the molecule is Cc1nnc(-c2ccc(N3CCC[C@H](C[C@@H]4CCCC[C@H]4Nc4ncc(-c5ccccc5OC(F)(F)F)o4)C3)cc2)o1. The van der Waals surface area contributed by atoms with Crippen molar-refractivity contribution in [2.75, 3.05) is 23.3 Å². The van der Waals surface area contributed by atoms with E-state index in [1.807, 2.05) is 12.1 Å². The minimum Gasteiger partial charge on any atom is -0.423 e. The highest BCUT2D eigenvalue weighted by Gasteiger charge is 2.33. The quantitative estimate of drug-likeness (QED) is 0.225. The van der Waals surface area contributed by atoms with Crippen LogP contribution in [-0.2, 0) is 0 Å². The van der Waals surface area contributed by atoms with Gasteiger partial charge in [0.2, 0.25) is 11.8 Å². The van der Waals surface area contributed by atoms with Crippen LogP contribution in [-0.4, -0.2) is 40.7 Å². The third-order valence-corrected chi connectivity index (χ3v) is 8.26. The summed E-state index contributed by atoms with van der Waals surface area (Å²) in [6.07, 6.45) is 4.53. The number of aromatic nitrogens is 3. The second-order valence-electron chi connectivity index (χ2n) is 11.2. The van der Waals surface area contributed by atoms with E-state index in [9.17, 15) is 13.2 Å². The van der Waals surface area contributed by atoms with Gasteiger partial charge in [0, 0.05) is 37.3 Å². The molecule has 0 spiro atoms. The van der Waals surface area contributed by atoms with E-state index >= 15 is 0 Å². The van der Waals surface area contributed by atoms with Crippen LogP contribution in [0.15, 0.2) is 63.6 Å². The fourth-order valence-corrected chi connectivity index (χ4v) is 6.34. The number of alkyl halides is 3. The second kappa shape index (κ2) is 12.1. The first kappa shape index (κ1) is 28.1. The summed E-state index contributed by atoms with van der Waals surface area (Å²) in [4.78, 5) is 6.81. The number of oxazole rings is 1. The third-order valence-electron chi connectivity index (χ3n) is 8.26. The third kappa shape index (κ3) is 6.71. The average molecular weight is 582 g/mol. The minimum atomic E-state index is -4.79. The van der Waals surface area contributed by atoms with Crippen LogP contribution in [0.4, 0.5) is 24.9 Å². The van der Waals surface area contributed by atoms with Gasteiger partial charge >= 0.3 is 6.36 Å². The molecule has 1 aliphatic carbocycles. The van der Waals surface area contributed by atoms with Gasteiger partial charge in [-0.3, -0.25) is 0 Å². The number of nitrogens with one attached hydrogen (secondary N) is 1. The van der Waals surface area contributed by atoms with Gasteiger partial charge in [-0.1, -0.05) is 25.0 Å². The Labute approximate surface area is 242 Å². The Balaban J connectivity index is 1.09. The van der Waals surface area contributed by atoms with E-state index in [1.54, 1.807) is 13.0 Å². The molecule has 2 aromatic heterocycles. The van der Waals surface area contributed by atoms with Crippen LogP contribution in [0.25, 0.3) is 22.8 Å². The zero-order chi connectivity index (χ0) is 29.1. The molecule has 1 saturated heterocycles. The Morgan fingerprint density at radius 2 is 1.79 bits per heavy atom. The van der Waals surface area contributed by atoms with Gasteiger partial charge in [-0.05, 0) is 80.3 Å². The van der Waals surface area contributed by atoms with Gasteiger partial charge in [0.05, 0.1) is 11.8 Å². The lowest BCUT2D eigenvalue weighted by molar-refractivity contribution is -0.274. The molecule has 0 amide bonds. The molecule has 1 N–H and O–H groups in total. The maximum Gasteiger partial charge on any atom is 0.573 e. The summed E-state index contributed by atoms with van der Waals surface area (Å²) in [5, 5.41) is 11.5. The van der Waals surface area contributed by atoms with Crippen molar-refractivity contribution in [2.45, 2.75) is 64.3 Å². The number of hydrogen-bond acceptors (Lipinski definition) is 8. The lowest BCUT2D eigenvalue weighted by atomic mass is 9.77. The Morgan fingerprint density at radius 3 is 2.57 bits per heavy atom. The number of nitrogens with zero attached hydrogens (tertiary/aromatic N) is 4. The van der Waals surface area contributed by atoms with Crippen LogP contribution in [0.3, 0.4) is 0 Å². The van der Waals surface area contributed by atoms with E-state index in [1.165, 1.54) is 42.9 Å². The van der Waals surface area contributed by atoms with Crippen molar-refractivity contribution >= 4 is 11.7 Å². The largest absolute Gasteiger partial charge is 0.573 e. The molecule has 0 bridgehead atoms. The van der Waals surface area contributed by atoms with Gasteiger partial charge in [0.15, 0.2) is 5.76 Å². The van der Waals surface area contributed by atoms with Crippen LogP contribution in [0, 0.1) is 18.8 Å². The molecule has 0 unspecified atom stereocenters. The first-order chi connectivity index (χ1) is 20.3. The lowest BCUT2D eigenvalue weighted by Gasteiger charge is -2.39.